The molecule has 0 bridgehead atoms. The van der Waals surface area contributed by atoms with E-state index in [9.17, 15) is 4.79 Å². The number of fused-ring (bicyclic) bond motifs is 2. The molecule has 6 heterocycles. The van der Waals surface area contributed by atoms with Crippen molar-refractivity contribution in [2.24, 2.45) is 5.41 Å². The van der Waals surface area contributed by atoms with Crippen molar-refractivity contribution in [2.75, 3.05) is 5.32 Å². The van der Waals surface area contributed by atoms with Gasteiger partial charge in [0.15, 0.2) is 17.1 Å². The summed E-state index contributed by atoms with van der Waals surface area (Å²) in [4.78, 5) is 33.8. The second-order valence-corrected chi connectivity index (χ2v) is 10.1. The summed E-state index contributed by atoms with van der Waals surface area (Å²) in [5, 5.41) is 11.2. The third-order valence-corrected chi connectivity index (χ3v) is 5.90. The van der Waals surface area contributed by atoms with Crippen LogP contribution in [0.1, 0.15) is 27.2 Å². The fraction of sp³-hybridized carbons (Fsp3) is 0.185. The molecule has 6 aromatic rings. The Morgan fingerprint density at radius 1 is 1.03 bits per heavy atom. The average Bonchev–Trinajstić information content (AvgIpc) is 3.61. The zero-order valence-corrected chi connectivity index (χ0v) is 20.5. The normalized spacial score (nSPS) is 11.9. The van der Waals surface area contributed by atoms with Crippen LogP contribution in [0, 0.1) is 5.41 Å². The number of hydrogen-bond donors (Lipinski definition) is 3. The maximum atomic E-state index is 12.4. The molecule has 0 aliphatic carbocycles. The van der Waals surface area contributed by atoms with Crippen LogP contribution < -0.4 is 5.32 Å². The molecule has 0 saturated heterocycles. The lowest BCUT2D eigenvalue weighted by Gasteiger charge is -2.17. The monoisotopic (exact) mass is 492 g/mol. The lowest BCUT2D eigenvalue weighted by Crippen LogP contribution is -2.19. The molecule has 6 aromatic heterocycles. The van der Waals surface area contributed by atoms with E-state index in [1.807, 2.05) is 45.0 Å². The number of aromatic amines is 2. The van der Waals surface area contributed by atoms with Crippen molar-refractivity contribution in [3.8, 4) is 33.8 Å². The summed E-state index contributed by atoms with van der Waals surface area (Å²) in [5.74, 6) is 0.524. The summed E-state index contributed by atoms with van der Waals surface area (Å²) in [6.45, 7) is 6.09. The summed E-state index contributed by atoms with van der Waals surface area (Å²) in [6, 6.07) is 7.66. The molecular weight excluding hydrogens is 468 g/mol. The Morgan fingerprint density at radius 3 is 2.70 bits per heavy atom. The Balaban J connectivity index is 1.36. The topological polar surface area (TPSA) is 138 Å². The number of nitrogens with one attached hydrogen (secondary N) is 3. The number of carbonyl (C=O) groups is 1. The molecule has 184 valence electrons. The average molecular weight is 493 g/mol. The first-order valence-electron chi connectivity index (χ1n) is 11.8. The van der Waals surface area contributed by atoms with E-state index in [0.717, 1.165) is 33.2 Å². The minimum atomic E-state index is -0.104. The largest absolute Gasteiger partial charge is 0.472 e. The number of aromatic nitrogens is 7. The number of hydrogen-bond acceptors (Lipinski definition) is 7. The Morgan fingerprint density at radius 2 is 1.89 bits per heavy atom. The van der Waals surface area contributed by atoms with Gasteiger partial charge in [-0.3, -0.25) is 14.9 Å². The molecule has 0 saturated carbocycles. The lowest BCUT2D eigenvalue weighted by atomic mass is 9.92. The summed E-state index contributed by atoms with van der Waals surface area (Å²) in [5.41, 5.74) is 6.65. The van der Waals surface area contributed by atoms with Crippen LogP contribution >= 0.6 is 0 Å². The van der Waals surface area contributed by atoms with Crippen LogP contribution in [0.25, 0.3) is 56.0 Å². The van der Waals surface area contributed by atoms with Gasteiger partial charge < -0.3 is 14.7 Å². The van der Waals surface area contributed by atoms with E-state index >= 15 is 0 Å². The molecule has 0 aliphatic heterocycles. The van der Waals surface area contributed by atoms with Crippen molar-refractivity contribution in [3.05, 3.63) is 61.6 Å². The molecule has 0 atom stereocenters. The van der Waals surface area contributed by atoms with Crippen LogP contribution in [0.15, 0.2) is 66.0 Å². The molecule has 0 fully saturated rings. The highest BCUT2D eigenvalue weighted by Gasteiger charge is 2.18. The number of furan rings is 1. The zero-order chi connectivity index (χ0) is 25.6. The molecule has 10 nitrogen and oxygen atoms in total. The van der Waals surface area contributed by atoms with Crippen LogP contribution in [0.2, 0.25) is 0 Å². The second-order valence-electron chi connectivity index (χ2n) is 10.1. The van der Waals surface area contributed by atoms with Crippen LogP contribution in [0.5, 0.6) is 0 Å². The fourth-order valence-corrected chi connectivity index (χ4v) is 4.27. The number of anilines is 1. The van der Waals surface area contributed by atoms with E-state index in [4.69, 9.17) is 9.40 Å². The van der Waals surface area contributed by atoms with Gasteiger partial charge in [-0.15, -0.1) is 0 Å². The molecule has 0 spiro atoms. The molecular formula is C27H24N8O2. The highest BCUT2D eigenvalue weighted by molar-refractivity contribution is 5.96. The summed E-state index contributed by atoms with van der Waals surface area (Å²) in [7, 11) is 0. The van der Waals surface area contributed by atoms with E-state index in [1.54, 1.807) is 37.3 Å². The number of H-pyrrole nitrogens is 2. The SMILES string of the molecule is CC(C)(C)CC(=O)Nc1cncc(-c2cnc3[nH]nc(-c4nc5c(-c6ccoc6)ccnc5[nH]4)c3c2)c1. The minimum Gasteiger partial charge on any atom is -0.472 e. The summed E-state index contributed by atoms with van der Waals surface area (Å²) < 4.78 is 5.25. The first-order valence-corrected chi connectivity index (χ1v) is 11.8. The van der Waals surface area contributed by atoms with Crippen molar-refractivity contribution in [3.63, 3.8) is 0 Å². The number of nitrogens with zero attached hydrogens (tertiary/aromatic N) is 5. The molecule has 6 rings (SSSR count). The highest BCUT2D eigenvalue weighted by atomic mass is 16.3. The Labute approximate surface area is 211 Å². The van der Waals surface area contributed by atoms with Gasteiger partial charge in [0, 0.05) is 47.3 Å². The van der Waals surface area contributed by atoms with Gasteiger partial charge in [-0.05, 0) is 29.7 Å². The van der Waals surface area contributed by atoms with Gasteiger partial charge in [-0.1, -0.05) is 20.8 Å². The van der Waals surface area contributed by atoms with Crippen LogP contribution in [-0.2, 0) is 4.79 Å². The molecule has 0 aromatic carbocycles. The maximum Gasteiger partial charge on any atom is 0.224 e. The van der Waals surface area contributed by atoms with Crippen molar-refractivity contribution < 1.29 is 9.21 Å². The number of rotatable bonds is 5. The Kier molecular flexibility index (Phi) is 5.29. The predicted octanol–water partition coefficient (Wildman–Crippen LogP) is 5.59. The standard InChI is InChI=1S/C27H24N8O2/c1-27(2,3)10-21(36)31-18-8-16(11-28-13-18)17-9-20-23(34-35-24(20)30-12-17)26-32-22-19(15-5-7-37-14-15)4-6-29-25(22)33-26/h4-9,11-14H,10H2,1-3H3,(H,31,36)(H,29,32,33)(H,30,34,35). The van der Waals surface area contributed by atoms with Crippen LogP contribution in [0.3, 0.4) is 0 Å². The van der Waals surface area contributed by atoms with Crippen LogP contribution in [0.4, 0.5) is 5.69 Å². The molecule has 0 radical (unpaired) electrons. The molecule has 3 N–H and O–H groups in total. The van der Waals surface area contributed by atoms with E-state index in [2.05, 4.69) is 35.5 Å². The van der Waals surface area contributed by atoms with Crippen molar-refractivity contribution >= 4 is 33.8 Å². The van der Waals surface area contributed by atoms with Crippen LogP contribution in [-0.4, -0.2) is 41.0 Å². The van der Waals surface area contributed by atoms with E-state index in [0.29, 0.717) is 34.9 Å². The smallest absolute Gasteiger partial charge is 0.224 e. The third kappa shape index (κ3) is 4.44. The number of pyridine rings is 3. The predicted molar refractivity (Wildman–Crippen MR) is 140 cm³/mol. The molecule has 1 amide bonds. The first kappa shape index (κ1) is 22.6. The summed E-state index contributed by atoms with van der Waals surface area (Å²) >= 11 is 0. The first-order chi connectivity index (χ1) is 17.8. The van der Waals surface area contributed by atoms with Crippen molar-refractivity contribution in [2.45, 2.75) is 27.2 Å². The molecule has 0 aliphatic rings. The maximum absolute atomic E-state index is 12.4. The molecule has 0 unspecified atom stereocenters. The van der Waals surface area contributed by atoms with Crippen molar-refractivity contribution in [1.82, 2.24) is 35.1 Å². The lowest BCUT2D eigenvalue weighted by molar-refractivity contribution is -0.117. The highest BCUT2D eigenvalue weighted by Crippen LogP contribution is 2.32. The van der Waals surface area contributed by atoms with E-state index < -0.39 is 0 Å². The summed E-state index contributed by atoms with van der Waals surface area (Å²) in [6.07, 6.45) is 10.6. The van der Waals surface area contributed by atoms with E-state index in [-0.39, 0.29) is 11.3 Å². The fourth-order valence-electron chi connectivity index (χ4n) is 4.27. The van der Waals surface area contributed by atoms with Gasteiger partial charge in [0.25, 0.3) is 0 Å². The number of amides is 1. The van der Waals surface area contributed by atoms with Gasteiger partial charge in [0.05, 0.1) is 29.8 Å². The number of imidazole rings is 1. The van der Waals surface area contributed by atoms with Gasteiger partial charge in [0.1, 0.15) is 11.2 Å². The zero-order valence-electron chi connectivity index (χ0n) is 20.5. The quantitative estimate of drug-likeness (QED) is 0.285. The van der Waals surface area contributed by atoms with Crippen molar-refractivity contribution in [1.29, 1.82) is 0 Å². The number of carbonyl (C=O) groups excluding carboxylic acids is 1. The van der Waals surface area contributed by atoms with Gasteiger partial charge >= 0.3 is 0 Å². The van der Waals surface area contributed by atoms with Gasteiger partial charge in [0.2, 0.25) is 5.91 Å². The molecule has 37 heavy (non-hydrogen) atoms. The van der Waals surface area contributed by atoms with E-state index in [1.165, 1.54) is 0 Å². The third-order valence-electron chi connectivity index (χ3n) is 5.90. The van der Waals surface area contributed by atoms with Gasteiger partial charge in [-0.2, -0.15) is 5.10 Å². The Hall–Kier alpha value is -4.86. The van der Waals surface area contributed by atoms with Gasteiger partial charge in [-0.25, -0.2) is 15.0 Å². The molecule has 10 heteroatoms. The second kappa shape index (κ2) is 8.66. The Bertz CT molecular complexity index is 1740. The minimum absolute atomic E-state index is 0.0505.